The molecule has 0 saturated carbocycles. The Labute approximate surface area is 139 Å². The molecular formula is C14H23N3O5S. The van der Waals surface area contributed by atoms with E-state index in [0.717, 1.165) is 5.56 Å². The molecule has 0 bridgehead atoms. The molecule has 1 aromatic rings. The summed E-state index contributed by atoms with van der Waals surface area (Å²) in [5.41, 5.74) is 5.37. The Morgan fingerprint density at radius 1 is 1.52 bits per heavy atom. The number of anilines is 1. The van der Waals surface area contributed by atoms with Crippen LogP contribution < -0.4 is 5.73 Å². The van der Waals surface area contributed by atoms with Crippen molar-refractivity contribution in [3.8, 4) is 0 Å². The Balaban J connectivity index is 2.41. The molecule has 23 heavy (non-hydrogen) atoms. The van der Waals surface area contributed by atoms with Crippen molar-refractivity contribution in [1.82, 2.24) is 9.55 Å². The molecule has 9 heteroatoms. The van der Waals surface area contributed by atoms with Crippen LogP contribution in [0.15, 0.2) is 6.20 Å². The Bertz CT molecular complexity index is 611. The predicted molar refractivity (Wildman–Crippen MR) is 85.4 cm³/mol. The lowest BCUT2D eigenvalue weighted by molar-refractivity contribution is -0.147. The zero-order valence-electron chi connectivity index (χ0n) is 13.4. The Hall–Kier alpha value is -1.10. The van der Waals surface area contributed by atoms with Crippen LogP contribution in [0.5, 0.6) is 0 Å². The van der Waals surface area contributed by atoms with Crippen molar-refractivity contribution in [2.75, 3.05) is 32.7 Å². The van der Waals surface area contributed by atoms with Gasteiger partial charge in [-0.2, -0.15) is 0 Å². The van der Waals surface area contributed by atoms with Crippen molar-refractivity contribution in [2.24, 2.45) is 0 Å². The van der Waals surface area contributed by atoms with Gasteiger partial charge in [0.25, 0.3) is 0 Å². The van der Waals surface area contributed by atoms with Gasteiger partial charge in [-0.05, 0) is 26.1 Å². The molecule has 8 nitrogen and oxygen atoms in total. The fourth-order valence-corrected chi connectivity index (χ4v) is 2.87. The normalized spacial score (nSPS) is 30.7. The van der Waals surface area contributed by atoms with E-state index >= 15 is 0 Å². The summed E-state index contributed by atoms with van der Waals surface area (Å²) in [6, 6.07) is 0. The number of aliphatic hydroxyl groups is 2. The van der Waals surface area contributed by atoms with E-state index in [1.54, 1.807) is 31.7 Å². The summed E-state index contributed by atoms with van der Waals surface area (Å²) in [6.45, 7) is 3.79. The molecule has 0 spiro atoms. The molecule has 2 unspecified atom stereocenters. The second-order valence-electron chi connectivity index (χ2n) is 5.68. The third-order valence-corrected chi connectivity index (χ3v) is 4.34. The molecule has 4 N–H and O–H groups in total. The van der Waals surface area contributed by atoms with Crippen molar-refractivity contribution in [2.45, 2.75) is 37.9 Å². The smallest absolute Gasteiger partial charge is 0.203 e. The number of methoxy groups -OCH3 is 1. The van der Waals surface area contributed by atoms with Gasteiger partial charge in [-0.3, -0.25) is 4.57 Å². The third-order valence-electron chi connectivity index (χ3n) is 4.04. The number of hydrogen-bond donors (Lipinski definition) is 3. The highest BCUT2D eigenvalue weighted by Crippen LogP contribution is 2.41. The zero-order valence-corrected chi connectivity index (χ0v) is 14.2. The van der Waals surface area contributed by atoms with Crippen LogP contribution in [0.2, 0.25) is 0 Å². The van der Waals surface area contributed by atoms with E-state index in [2.05, 4.69) is 4.98 Å². The first kappa shape index (κ1) is 18.2. The lowest BCUT2D eigenvalue weighted by Crippen LogP contribution is -2.47. The molecule has 1 aliphatic rings. The second kappa shape index (κ2) is 7.20. The van der Waals surface area contributed by atoms with Crippen LogP contribution in [0.1, 0.15) is 18.7 Å². The van der Waals surface area contributed by atoms with Gasteiger partial charge in [-0.15, -0.1) is 0 Å². The highest BCUT2D eigenvalue weighted by Gasteiger charge is 2.55. The monoisotopic (exact) mass is 345 g/mol. The first-order chi connectivity index (χ1) is 10.8. The number of aliphatic hydroxyl groups excluding tert-OH is 2. The number of nitrogens with two attached hydrogens (primary N) is 1. The van der Waals surface area contributed by atoms with Crippen molar-refractivity contribution in [3.05, 3.63) is 16.5 Å². The van der Waals surface area contributed by atoms with E-state index in [1.807, 2.05) is 0 Å². The van der Waals surface area contributed by atoms with E-state index in [4.69, 9.17) is 32.2 Å². The van der Waals surface area contributed by atoms with E-state index in [9.17, 15) is 10.2 Å². The van der Waals surface area contributed by atoms with Crippen LogP contribution in [0.4, 0.5) is 5.82 Å². The highest BCUT2D eigenvalue weighted by atomic mass is 32.1. The summed E-state index contributed by atoms with van der Waals surface area (Å²) >= 11 is 5.25. The fraction of sp³-hybridized carbons (Fsp3) is 0.714. The van der Waals surface area contributed by atoms with Crippen LogP contribution in [0.3, 0.4) is 0 Å². The molecule has 130 valence electrons. The summed E-state index contributed by atoms with van der Waals surface area (Å²) in [4.78, 5) is 4.11. The maximum Gasteiger partial charge on any atom is 0.203 e. The quantitative estimate of drug-likeness (QED) is 0.494. The fourth-order valence-electron chi connectivity index (χ4n) is 2.62. The molecular weight excluding hydrogens is 322 g/mol. The largest absolute Gasteiger partial charge is 0.394 e. The highest BCUT2D eigenvalue weighted by molar-refractivity contribution is 7.71. The maximum atomic E-state index is 10.5. The van der Waals surface area contributed by atoms with Crippen LogP contribution in [0.25, 0.3) is 0 Å². The maximum absolute atomic E-state index is 10.5. The van der Waals surface area contributed by atoms with Gasteiger partial charge in [0.15, 0.2) is 6.23 Å². The number of aromatic nitrogens is 2. The number of nitrogens with zero attached hydrogens (tertiary/aromatic N) is 2. The van der Waals surface area contributed by atoms with E-state index < -0.39 is 24.0 Å². The van der Waals surface area contributed by atoms with Crippen LogP contribution in [-0.2, 0) is 14.2 Å². The summed E-state index contributed by atoms with van der Waals surface area (Å²) in [5, 5.41) is 19.9. The van der Waals surface area contributed by atoms with Gasteiger partial charge in [-0.25, -0.2) is 4.98 Å². The van der Waals surface area contributed by atoms with Gasteiger partial charge in [0, 0.05) is 18.9 Å². The van der Waals surface area contributed by atoms with E-state index in [-0.39, 0.29) is 18.0 Å². The van der Waals surface area contributed by atoms with Gasteiger partial charge < -0.3 is 30.2 Å². The zero-order chi connectivity index (χ0) is 17.2. The van der Waals surface area contributed by atoms with Gasteiger partial charge in [0.2, 0.25) is 4.77 Å². The number of nitrogen functional groups attached to an aromatic ring is 1. The molecule has 0 aromatic carbocycles. The molecule has 4 atom stereocenters. The van der Waals surface area contributed by atoms with Gasteiger partial charge in [0.05, 0.1) is 19.8 Å². The molecule has 2 rings (SSSR count). The molecule has 1 aliphatic heterocycles. The van der Waals surface area contributed by atoms with Crippen LogP contribution in [0, 0.1) is 11.7 Å². The molecule has 1 fully saturated rings. The Morgan fingerprint density at radius 2 is 2.22 bits per heavy atom. The van der Waals surface area contributed by atoms with Crippen molar-refractivity contribution >= 4 is 18.0 Å². The van der Waals surface area contributed by atoms with Gasteiger partial charge >= 0.3 is 0 Å². The molecule has 2 heterocycles. The minimum absolute atomic E-state index is 0.213. The summed E-state index contributed by atoms with van der Waals surface area (Å²) in [5.74, 6) is 0.338. The van der Waals surface area contributed by atoms with E-state index in [0.29, 0.717) is 12.4 Å². The lowest BCUT2D eigenvalue weighted by atomic mass is 9.96. The number of hydrogen-bond acceptors (Lipinski definition) is 8. The molecule has 0 amide bonds. The van der Waals surface area contributed by atoms with Crippen molar-refractivity contribution in [3.63, 3.8) is 0 Å². The Kier molecular flexibility index (Phi) is 5.71. The standard InChI is InChI=1S/C14H23N3O5S/c1-8-6-17(13(23)16-11(8)15)12-14(2,21-5-4-20-3)10(19)9(7-18)22-12/h6,9-10,12,18-19H,4-5,7H2,1-3H3,(H2,15,16,23)/t9-,10?,12-,14?/m1/s1. The number of ether oxygens (including phenoxy) is 3. The summed E-state index contributed by atoms with van der Waals surface area (Å²) in [7, 11) is 1.56. The van der Waals surface area contributed by atoms with Crippen LogP contribution >= 0.6 is 12.2 Å². The third kappa shape index (κ3) is 3.39. The molecule has 0 radical (unpaired) electrons. The minimum atomic E-state index is -1.12. The first-order valence-electron chi connectivity index (χ1n) is 7.27. The average Bonchev–Trinajstić information content (AvgIpc) is 2.76. The predicted octanol–water partition coefficient (Wildman–Crippen LogP) is 0.176. The summed E-state index contributed by atoms with van der Waals surface area (Å²) < 4.78 is 18.4. The minimum Gasteiger partial charge on any atom is -0.394 e. The molecule has 1 saturated heterocycles. The molecule has 1 aromatic heterocycles. The van der Waals surface area contributed by atoms with Crippen LogP contribution in [-0.4, -0.2) is 64.5 Å². The van der Waals surface area contributed by atoms with E-state index in [1.165, 1.54) is 0 Å². The first-order valence-corrected chi connectivity index (χ1v) is 7.68. The topological polar surface area (TPSA) is 112 Å². The van der Waals surface area contributed by atoms with Gasteiger partial charge in [-0.1, -0.05) is 0 Å². The second-order valence-corrected chi connectivity index (χ2v) is 6.04. The number of rotatable bonds is 6. The average molecular weight is 345 g/mol. The Morgan fingerprint density at radius 3 is 2.83 bits per heavy atom. The van der Waals surface area contributed by atoms with Gasteiger partial charge in [0.1, 0.15) is 23.6 Å². The number of aryl methyl sites for hydroxylation is 1. The summed E-state index contributed by atoms with van der Waals surface area (Å²) in [6.07, 6.45) is -0.855. The SMILES string of the molecule is COCCOC1(C)C(O)[C@@H](CO)O[C@H]1n1cc(C)c(N)nc1=S. The van der Waals surface area contributed by atoms with Crippen molar-refractivity contribution in [1.29, 1.82) is 0 Å². The van der Waals surface area contributed by atoms with Crippen molar-refractivity contribution < 1.29 is 24.4 Å². The lowest BCUT2D eigenvalue weighted by Gasteiger charge is -2.33. The molecule has 0 aliphatic carbocycles.